The van der Waals surface area contributed by atoms with Gasteiger partial charge in [-0.3, -0.25) is 4.79 Å². The Kier molecular flexibility index (Phi) is 5.34. The van der Waals surface area contributed by atoms with Gasteiger partial charge in [-0.25, -0.2) is 4.39 Å². The number of hydrogen-bond donors (Lipinski definition) is 0. The zero-order chi connectivity index (χ0) is 13.7. The first kappa shape index (κ1) is 14.5. The first-order valence-electron chi connectivity index (χ1n) is 6.70. The molecule has 0 bridgehead atoms. The number of carbonyl (C=O) groups excluding carboxylic acids is 1. The molecule has 1 aromatic carbocycles. The molecule has 0 aromatic heterocycles. The van der Waals surface area contributed by atoms with Crippen molar-refractivity contribution in [3.63, 3.8) is 0 Å². The normalized spacial score (nSPS) is 21.1. The number of ketones is 1. The number of alkyl halides is 1. The summed E-state index contributed by atoms with van der Waals surface area (Å²) >= 11 is 6.11. The van der Waals surface area contributed by atoms with Crippen molar-refractivity contribution in [1.82, 2.24) is 0 Å². The van der Waals surface area contributed by atoms with E-state index in [4.69, 9.17) is 16.3 Å². The number of hydrogen-bond acceptors (Lipinski definition) is 2. The predicted octanol–water partition coefficient (Wildman–Crippen LogP) is 4.02. The molecule has 1 aliphatic rings. The highest BCUT2D eigenvalue weighted by molar-refractivity contribution is 6.31. The lowest BCUT2D eigenvalue weighted by Gasteiger charge is -2.22. The van der Waals surface area contributed by atoms with E-state index in [-0.39, 0.29) is 17.7 Å². The van der Waals surface area contributed by atoms with E-state index < -0.39 is 5.38 Å². The van der Waals surface area contributed by atoms with E-state index in [0.717, 1.165) is 25.9 Å². The highest BCUT2D eigenvalue weighted by atomic mass is 35.5. The van der Waals surface area contributed by atoms with Crippen LogP contribution in [0.2, 0.25) is 0 Å². The summed E-state index contributed by atoms with van der Waals surface area (Å²) in [5.74, 6) is -0.349. The van der Waals surface area contributed by atoms with Crippen LogP contribution in [0.25, 0.3) is 0 Å². The van der Waals surface area contributed by atoms with Crippen LogP contribution < -0.4 is 0 Å². The second-order valence-electron chi connectivity index (χ2n) is 4.91. The number of benzene rings is 1. The van der Waals surface area contributed by atoms with E-state index in [1.54, 1.807) is 12.1 Å². The minimum atomic E-state index is -0.691. The summed E-state index contributed by atoms with van der Waals surface area (Å²) < 4.78 is 18.4. The van der Waals surface area contributed by atoms with Gasteiger partial charge in [-0.15, -0.1) is 11.6 Å². The summed E-state index contributed by atoms with van der Waals surface area (Å²) in [5.41, 5.74) is 0.651. The SMILES string of the molecule is O=C(CCC1CCCCO1)C(Cl)c1ccc(F)cc1. The van der Waals surface area contributed by atoms with Crippen LogP contribution in [-0.2, 0) is 9.53 Å². The third-order valence-electron chi connectivity index (χ3n) is 3.43. The lowest BCUT2D eigenvalue weighted by molar-refractivity contribution is -0.119. The summed E-state index contributed by atoms with van der Waals surface area (Å²) in [6.07, 6.45) is 4.63. The van der Waals surface area contributed by atoms with Crippen LogP contribution in [0.3, 0.4) is 0 Å². The number of ether oxygens (including phenoxy) is 1. The lowest BCUT2D eigenvalue weighted by Crippen LogP contribution is -2.20. The molecular formula is C15H18ClFO2. The molecule has 2 rings (SSSR count). The summed E-state index contributed by atoms with van der Waals surface area (Å²) in [6, 6.07) is 5.76. The number of Topliss-reactive ketones (excluding diaryl/α,β-unsaturated/α-hetero) is 1. The molecular weight excluding hydrogens is 267 g/mol. The van der Waals surface area contributed by atoms with Crippen LogP contribution >= 0.6 is 11.6 Å². The van der Waals surface area contributed by atoms with Gasteiger partial charge in [0.15, 0.2) is 5.78 Å². The molecule has 104 valence electrons. The highest BCUT2D eigenvalue weighted by Crippen LogP contribution is 2.25. The van der Waals surface area contributed by atoms with E-state index in [0.29, 0.717) is 12.0 Å². The van der Waals surface area contributed by atoms with Crippen LogP contribution in [-0.4, -0.2) is 18.5 Å². The average molecular weight is 285 g/mol. The zero-order valence-electron chi connectivity index (χ0n) is 10.8. The summed E-state index contributed by atoms with van der Waals surface area (Å²) in [4.78, 5) is 12.0. The van der Waals surface area contributed by atoms with Crippen LogP contribution in [0.4, 0.5) is 4.39 Å². The van der Waals surface area contributed by atoms with E-state index >= 15 is 0 Å². The van der Waals surface area contributed by atoms with Crippen LogP contribution in [0.15, 0.2) is 24.3 Å². The van der Waals surface area contributed by atoms with Crippen LogP contribution in [0, 0.1) is 5.82 Å². The van der Waals surface area contributed by atoms with E-state index in [1.165, 1.54) is 18.6 Å². The smallest absolute Gasteiger partial charge is 0.155 e. The molecule has 0 spiro atoms. The van der Waals surface area contributed by atoms with E-state index in [1.807, 2.05) is 0 Å². The maximum Gasteiger partial charge on any atom is 0.155 e. The van der Waals surface area contributed by atoms with Gasteiger partial charge in [-0.2, -0.15) is 0 Å². The standard InChI is InChI=1S/C15H18ClFO2/c16-15(11-4-6-12(17)7-5-11)14(18)9-8-13-3-1-2-10-19-13/h4-7,13,15H,1-3,8-10H2. The van der Waals surface area contributed by atoms with Crippen molar-refractivity contribution in [1.29, 1.82) is 0 Å². The number of halogens is 2. The second-order valence-corrected chi connectivity index (χ2v) is 5.34. The Morgan fingerprint density at radius 1 is 1.37 bits per heavy atom. The van der Waals surface area contributed by atoms with Crippen molar-refractivity contribution in [3.05, 3.63) is 35.6 Å². The predicted molar refractivity (Wildman–Crippen MR) is 72.8 cm³/mol. The lowest BCUT2D eigenvalue weighted by atomic mass is 10.00. The average Bonchev–Trinajstić information content (AvgIpc) is 2.46. The quantitative estimate of drug-likeness (QED) is 0.763. The van der Waals surface area contributed by atoms with Crippen LogP contribution in [0.1, 0.15) is 43.0 Å². The molecule has 1 aliphatic heterocycles. The van der Waals surface area contributed by atoms with Crippen molar-refractivity contribution in [2.75, 3.05) is 6.61 Å². The van der Waals surface area contributed by atoms with Gasteiger partial charge >= 0.3 is 0 Å². The van der Waals surface area contributed by atoms with E-state index in [9.17, 15) is 9.18 Å². The Morgan fingerprint density at radius 3 is 2.74 bits per heavy atom. The molecule has 2 atom stereocenters. The van der Waals surface area contributed by atoms with Crippen molar-refractivity contribution >= 4 is 17.4 Å². The first-order valence-corrected chi connectivity index (χ1v) is 7.14. The molecule has 0 N–H and O–H groups in total. The largest absolute Gasteiger partial charge is 0.378 e. The zero-order valence-corrected chi connectivity index (χ0v) is 11.5. The van der Waals surface area contributed by atoms with Crippen molar-refractivity contribution in [2.24, 2.45) is 0 Å². The second kappa shape index (κ2) is 7.01. The molecule has 1 aromatic rings. The van der Waals surface area contributed by atoms with Gasteiger partial charge in [0.2, 0.25) is 0 Å². The maximum atomic E-state index is 12.8. The third kappa shape index (κ3) is 4.29. The molecule has 1 saturated heterocycles. The third-order valence-corrected chi connectivity index (χ3v) is 3.93. The van der Waals surface area contributed by atoms with Gasteiger partial charge in [-0.1, -0.05) is 12.1 Å². The molecule has 2 nitrogen and oxygen atoms in total. The minimum Gasteiger partial charge on any atom is -0.378 e. The molecule has 1 heterocycles. The molecule has 19 heavy (non-hydrogen) atoms. The van der Waals surface area contributed by atoms with Gasteiger partial charge in [0.25, 0.3) is 0 Å². The molecule has 0 amide bonds. The van der Waals surface area contributed by atoms with Gasteiger partial charge in [0.05, 0.1) is 6.10 Å². The Bertz CT molecular complexity index is 413. The Morgan fingerprint density at radius 2 is 2.11 bits per heavy atom. The maximum absolute atomic E-state index is 12.8. The molecule has 2 unspecified atom stereocenters. The minimum absolute atomic E-state index is 0.0255. The molecule has 4 heteroatoms. The van der Waals surface area contributed by atoms with Crippen molar-refractivity contribution in [2.45, 2.75) is 43.6 Å². The fourth-order valence-corrected chi connectivity index (χ4v) is 2.54. The topological polar surface area (TPSA) is 26.3 Å². The molecule has 0 aliphatic carbocycles. The van der Waals surface area contributed by atoms with Gasteiger partial charge in [0, 0.05) is 13.0 Å². The molecule has 0 saturated carbocycles. The highest BCUT2D eigenvalue weighted by Gasteiger charge is 2.20. The fraction of sp³-hybridized carbons (Fsp3) is 0.533. The Hall–Kier alpha value is -0.930. The molecule has 1 fully saturated rings. The number of carbonyl (C=O) groups is 1. The summed E-state index contributed by atoms with van der Waals surface area (Å²) in [5, 5.41) is -0.691. The van der Waals surface area contributed by atoms with Gasteiger partial charge in [0.1, 0.15) is 11.2 Å². The van der Waals surface area contributed by atoms with Crippen molar-refractivity contribution < 1.29 is 13.9 Å². The van der Waals surface area contributed by atoms with Gasteiger partial charge < -0.3 is 4.74 Å². The van der Waals surface area contributed by atoms with Gasteiger partial charge in [-0.05, 0) is 43.4 Å². The Balaban J connectivity index is 1.83. The van der Waals surface area contributed by atoms with E-state index in [2.05, 4.69) is 0 Å². The Labute approximate surface area is 117 Å². The monoisotopic (exact) mass is 284 g/mol. The number of rotatable bonds is 5. The van der Waals surface area contributed by atoms with Crippen molar-refractivity contribution in [3.8, 4) is 0 Å². The van der Waals surface area contributed by atoms with Crippen LogP contribution in [0.5, 0.6) is 0 Å². The first-order chi connectivity index (χ1) is 9.16. The fourth-order valence-electron chi connectivity index (χ4n) is 2.28. The summed E-state index contributed by atoms with van der Waals surface area (Å²) in [6.45, 7) is 0.793. The summed E-state index contributed by atoms with van der Waals surface area (Å²) in [7, 11) is 0. The molecule has 0 radical (unpaired) electrons.